The molecule has 7 heteroatoms. The Morgan fingerprint density at radius 1 is 0.861 bits per heavy atom. The van der Waals surface area contributed by atoms with E-state index < -0.39 is 17.5 Å². The molecule has 0 saturated heterocycles. The molecule has 0 aromatic heterocycles. The highest BCUT2D eigenvalue weighted by Crippen LogP contribution is 2.30. The van der Waals surface area contributed by atoms with E-state index in [9.17, 15) is 18.4 Å². The molecule has 1 aliphatic rings. The number of anilines is 2. The molecule has 0 spiro atoms. The smallest absolute Gasteiger partial charge is 0.255 e. The molecule has 0 radical (unpaired) electrons. The number of halogens is 2. The number of amides is 2. The first kappa shape index (κ1) is 25.4. The third-order valence-corrected chi connectivity index (χ3v) is 6.59. The van der Waals surface area contributed by atoms with E-state index in [0.29, 0.717) is 17.8 Å². The number of rotatable bonds is 7. The van der Waals surface area contributed by atoms with Crippen molar-refractivity contribution in [2.45, 2.75) is 44.7 Å². The molecular formula is C29H31F2N3O2. The summed E-state index contributed by atoms with van der Waals surface area (Å²) in [7, 11) is 3.84. The second kappa shape index (κ2) is 11.3. The number of nitrogens with one attached hydrogen (secondary N) is 1. The highest BCUT2D eigenvalue weighted by Gasteiger charge is 2.28. The minimum absolute atomic E-state index is 0.0510. The van der Waals surface area contributed by atoms with Gasteiger partial charge < -0.3 is 15.1 Å². The molecule has 1 saturated carbocycles. The van der Waals surface area contributed by atoms with E-state index in [1.54, 1.807) is 24.3 Å². The molecule has 0 atom stereocenters. The van der Waals surface area contributed by atoms with Crippen LogP contribution in [-0.4, -0.2) is 36.9 Å². The maximum atomic E-state index is 13.9. The minimum atomic E-state index is -0.481. The minimum Gasteiger partial charge on any atom is -0.377 e. The van der Waals surface area contributed by atoms with Gasteiger partial charge in [0.05, 0.1) is 0 Å². The van der Waals surface area contributed by atoms with Gasteiger partial charge in [0.1, 0.15) is 11.6 Å². The molecule has 3 aromatic rings. The van der Waals surface area contributed by atoms with Crippen LogP contribution in [0.2, 0.25) is 0 Å². The quantitative estimate of drug-likeness (QED) is 0.425. The van der Waals surface area contributed by atoms with Gasteiger partial charge in [-0.25, -0.2) is 8.78 Å². The van der Waals surface area contributed by atoms with E-state index in [4.69, 9.17) is 0 Å². The van der Waals surface area contributed by atoms with Crippen LogP contribution in [-0.2, 0) is 6.54 Å². The second-order valence-corrected chi connectivity index (χ2v) is 9.44. The fraction of sp³-hybridized carbons (Fsp3) is 0.310. The molecule has 0 aliphatic heterocycles. The Morgan fingerprint density at radius 3 is 2.14 bits per heavy atom. The molecular weight excluding hydrogens is 460 g/mol. The Labute approximate surface area is 210 Å². The monoisotopic (exact) mass is 491 g/mol. The number of hydrogen-bond donors (Lipinski definition) is 1. The summed E-state index contributed by atoms with van der Waals surface area (Å²) in [5, 5.41) is 2.84. The topological polar surface area (TPSA) is 52.7 Å². The average Bonchev–Trinajstić information content (AvgIpc) is 2.87. The van der Waals surface area contributed by atoms with Crippen molar-refractivity contribution >= 4 is 23.2 Å². The number of benzene rings is 3. The van der Waals surface area contributed by atoms with Crippen LogP contribution in [0.25, 0.3) is 0 Å². The first-order valence-corrected chi connectivity index (χ1v) is 12.3. The van der Waals surface area contributed by atoms with Gasteiger partial charge in [0, 0.05) is 49.2 Å². The average molecular weight is 492 g/mol. The summed E-state index contributed by atoms with van der Waals surface area (Å²) in [6, 6.07) is 16.9. The largest absolute Gasteiger partial charge is 0.377 e. The summed E-state index contributed by atoms with van der Waals surface area (Å²) < 4.78 is 27.5. The lowest BCUT2D eigenvalue weighted by Crippen LogP contribution is -2.41. The molecule has 1 N–H and O–H groups in total. The first-order chi connectivity index (χ1) is 17.3. The van der Waals surface area contributed by atoms with E-state index >= 15 is 0 Å². The van der Waals surface area contributed by atoms with Gasteiger partial charge in [0.25, 0.3) is 11.8 Å². The third-order valence-electron chi connectivity index (χ3n) is 6.59. The maximum Gasteiger partial charge on any atom is 0.255 e. The number of carbonyl (C=O) groups excluding carboxylic acids is 2. The standard InChI is InChI=1S/C29H31F2N3O2/c1-33(2)27-15-14-25(32-28(35)20-8-6-10-23(30)16-20)18-22(27)19-34(26-12-4-3-5-13-26)29(36)21-9-7-11-24(31)17-21/h6-11,14-18,26H,3-5,12-13,19H2,1-2H3,(H,32,35). The fourth-order valence-electron chi connectivity index (χ4n) is 4.79. The predicted octanol–water partition coefficient (Wildman–Crippen LogP) is 6.26. The van der Waals surface area contributed by atoms with Crippen LogP contribution >= 0.6 is 0 Å². The lowest BCUT2D eigenvalue weighted by molar-refractivity contribution is 0.0614. The lowest BCUT2D eigenvalue weighted by Gasteiger charge is -2.35. The zero-order valence-electron chi connectivity index (χ0n) is 20.6. The van der Waals surface area contributed by atoms with Gasteiger partial charge in [-0.2, -0.15) is 0 Å². The number of nitrogens with zero attached hydrogens (tertiary/aromatic N) is 2. The van der Waals surface area contributed by atoms with Gasteiger partial charge in [0.2, 0.25) is 0 Å². The molecule has 1 fully saturated rings. The summed E-state index contributed by atoms with van der Waals surface area (Å²) in [4.78, 5) is 30.1. The van der Waals surface area contributed by atoms with Gasteiger partial charge in [-0.15, -0.1) is 0 Å². The van der Waals surface area contributed by atoms with Crippen molar-refractivity contribution in [2.75, 3.05) is 24.3 Å². The van der Waals surface area contributed by atoms with Crippen molar-refractivity contribution in [3.8, 4) is 0 Å². The van der Waals surface area contributed by atoms with Crippen molar-refractivity contribution in [3.05, 3.63) is 95.1 Å². The van der Waals surface area contributed by atoms with Crippen molar-refractivity contribution in [1.82, 2.24) is 4.90 Å². The van der Waals surface area contributed by atoms with Crippen LogP contribution < -0.4 is 10.2 Å². The van der Waals surface area contributed by atoms with Crippen LogP contribution in [0.15, 0.2) is 66.7 Å². The van der Waals surface area contributed by atoms with Crippen molar-refractivity contribution in [2.24, 2.45) is 0 Å². The van der Waals surface area contributed by atoms with Gasteiger partial charge >= 0.3 is 0 Å². The lowest BCUT2D eigenvalue weighted by atomic mass is 9.93. The van der Waals surface area contributed by atoms with E-state index in [2.05, 4.69) is 5.32 Å². The predicted molar refractivity (Wildman–Crippen MR) is 138 cm³/mol. The van der Waals surface area contributed by atoms with E-state index in [0.717, 1.165) is 43.4 Å². The van der Waals surface area contributed by atoms with Crippen LogP contribution in [0.3, 0.4) is 0 Å². The van der Waals surface area contributed by atoms with Crippen molar-refractivity contribution in [1.29, 1.82) is 0 Å². The van der Waals surface area contributed by atoms with E-state index in [1.165, 1.54) is 30.3 Å². The second-order valence-electron chi connectivity index (χ2n) is 9.44. The molecule has 188 valence electrons. The van der Waals surface area contributed by atoms with Crippen LogP contribution in [0.4, 0.5) is 20.2 Å². The normalized spacial score (nSPS) is 13.8. The van der Waals surface area contributed by atoms with Crippen LogP contribution in [0.5, 0.6) is 0 Å². The maximum absolute atomic E-state index is 13.9. The van der Waals surface area contributed by atoms with Gasteiger partial charge in [-0.3, -0.25) is 9.59 Å². The summed E-state index contributed by atoms with van der Waals surface area (Å²) in [6.45, 7) is 0.317. The highest BCUT2D eigenvalue weighted by molar-refractivity contribution is 6.04. The molecule has 2 amide bonds. The Balaban J connectivity index is 1.65. The van der Waals surface area contributed by atoms with Crippen LogP contribution in [0, 0.1) is 11.6 Å². The van der Waals surface area contributed by atoms with E-state index in [-0.39, 0.29) is 17.5 Å². The Kier molecular flexibility index (Phi) is 7.98. The Morgan fingerprint density at radius 2 is 1.50 bits per heavy atom. The molecule has 36 heavy (non-hydrogen) atoms. The SMILES string of the molecule is CN(C)c1ccc(NC(=O)c2cccc(F)c2)cc1CN(C(=O)c1cccc(F)c1)C1CCCCC1. The van der Waals surface area contributed by atoms with Gasteiger partial charge in [-0.1, -0.05) is 31.4 Å². The molecule has 4 rings (SSSR count). The number of carbonyl (C=O) groups is 2. The van der Waals surface area contributed by atoms with Crippen molar-refractivity contribution < 1.29 is 18.4 Å². The summed E-state index contributed by atoms with van der Waals surface area (Å²) >= 11 is 0. The highest BCUT2D eigenvalue weighted by atomic mass is 19.1. The van der Waals surface area contributed by atoms with Crippen LogP contribution in [0.1, 0.15) is 58.4 Å². The zero-order chi connectivity index (χ0) is 25.7. The molecule has 0 bridgehead atoms. The zero-order valence-corrected chi connectivity index (χ0v) is 20.6. The summed E-state index contributed by atoms with van der Waals surface area (Å²) in [5.74, 6) is -1.55. The molecule has 5 nitrogen and oxygen atoms in total. The van der Waals surface area contributed by atoms with Crippen molar-refractivity contribution in [3.63, 3.8) is 0 Å². The number of hydrogen-bond acceptors (Lipinski definition) is 3. The first-order valence-electron chi connectivity index (χ1n) is 12.3. The van der Waals surface area contributed by atoms with E-state index in [1.807, 2.05) is 36.0 Å². The Bertz CT molecular complexity index is 1240. The molecule has 1 aliphatic carbocycles. The summed E-state index contributed by atoms with van der Waals surface area (Å²) in [6.07, 6.45) is 5.02. The molecule has 0 unspecified atom stereocenters. The Hall–Kier alpha value is -3.74. The third kappa shape index (κ3) is 6.08. The van der Waals surface area contributed by atoms with Gasteiger partial charge in [0.15, 0.2) is 0 Å². The molecule has 3 aromatic carbocycles. The fourth-order valence-corrected chi connectivity index (χ4v) is 4.79. The summed E-state index contributed by atoms with van der Waals surface area (Å²) in [5.41, 5.74) is 2.85. The molecule has 0 heterocycles. The van der Waals surface area contributed by atoms with Gasteiger partial charge in [-0.05, 0) is 73.0 Å².